The van der Waals surface area contributed by atoms with Crippen molar-refractivity contribution in [2.75, 3.05) is 6.54 Å². The largest absolute Gasteiger partial charge is 0.416 e. The molecule has 0 unspecified atom stereocenters. The lowest BCUT2D eigenvalue weighted by molar-refractivity contribution is -0.183. The normalized spacial score (nSPS) is 28.6. The highest BCUT2D eigenvalue weighted by Gasteiger charge is 2.58. The molecule has 1 amide bonds. The van der Waals surface area contributed by atoms with Crippen LogP contribution in [0.5, 0.6) is 0 Å². The van der Waals surface area contributed by atoms with Gasteiger partial charge in [-0.05, 0) is 55.9 Å². The molecule has 2 aliphatic carbocycles. The van der Waals surface area contributed by atoms with Gasteiger partial charge in [0.15, 0.2) is 11.4 Å². The maximum atomic E-state index is 13.7. The zero-order valence-corrected chi connectivity index (χ0v) is 21.6. The number of benzene rings is 2. The molecule has 3 aliphatic rings. The van der Waals surface area contributed by atoms with Crippen molar-refractivity contribution in [3.63, 3.8) is 0 Å². The lowest BCUT2D eigenvalue weighted by Gasteiger charge is -2.43. The molecule has 0 aromatic heterocycles. The zero-order valence-electron chi connectivity index (χ0n) is 21.6. The molecule has 5 rings (SSSR count). The van der Waals surface area contributed by atoms with Gasteiger partial charge in [0.05, 0.1) is 31.0 Å². The molecule has 2 aromatic carbocycles. The fourth-order valence-corrected chi connectivity index (χ4v) is 5.22. The minimum atomic E-state index is -4.40. The molecule has 0 spiro atoms. The summed E-state index contributed by atoms with van der Waals surface area (Å²) in [6, 6.07) is 14.5. The van der Waals surface area contributed by atoms with Crippen molar-refractivity contribution in [3.05, 3.63) is 71.3 Å². The third-order valence-corrected chi connectivity index (χ3v) is 7.42. The molecule has 3 fully saturated rings. The van der Waals surface area contributed by atoms with E-state index < -0.39 is 41.4 Å². The average molecular weight is 534 g/mol. The fourth-order valence-electron chi connectivity index (χ4n) is 5.22. The van der Waals surface area contributed by atoms with Crippen LogP contribution >= 0.6 is 0 Å². The first-order chi connectivity index (χ1) is 18.0. The number of rotatable bonds is 9. The molecule has 0 bridgehead atoms. The number of carbonyl (C=O) groups is 1. The van der Waals surface area contributed by atoms with E-state index in [1.54, 1.807) is 0 Å². The highest BCUT2D eigenvalue weighted by molar-refractivity contribution is 5.85. The van der Waals surface area contributed by atoms with Crippen molar-refractivity contribution < 1.29 is 36.9 Å². The van der Waals surface area contributed by atoms with Crippen molar-refractivity contribution in [1.82, 2.24) is 5.32 Å². The van der Waals surface area contributed by atoms with Crippen LogP contribution in [-0.4, -0.2) is 42.2 Å². The Morgan fingerprint density at radius 3 is 2.32 bits per heavy atom. The van der Waals surface area contributed by atoms with Crippen molar-refractivity contribution in [2.24, 2.45) is 5.92 Å². The van der Waals surface area contributed by atoms with Crippen LogP contribution in [0.3, 0.4) is 0 Å². The smallest absolute Gasteiger partial charge is 0.371 e. The summed E-state index contributed by atoms with van der Waals surface area (Å²) in [5.74, 6) is -0.570. The van der Waals surface area contributed by atoms with Crippen molar-refractivity contribution in [3.8, 4) is 0 Å². The van der Waals surface area contributed by atoms with Gasteiger partial charge in [-0.15, -0.1) is 0 Å². The summed E-state index contributed by atoms with van der Waals surface area (Å²) in [7, 11) is 0. The molecule has 4 atom stereocenters. The van der Waals surface area contributed by atoms with E-state index in [0.717, 1.165) is 30.5 Å². The summed E-state index contributed by atoms with van der Waals surface area (Å²) in [4.78, 5) is 13.7. The highest BCUT2D eigenvalue weighted by atomic mass is 19.4. The van der Waals surface area contributed by atoms with Gasteiger partial charge in [-0.1, -0.05) is 42.5 Å². The van der Waals surface area contributed by atoms with Gasteiger partial charge < -0.3 is 24.3 Å². The number of hydrogen-bond acceptors (Lipinski definition) is 5. The molecule has 6 nitrogen and oxygen atoms in total. The summed E-state index contributed by atoms with van der Waals surface area (Å²) in [5, 5.41) is 3.08. The first-order valence-corrected chi connectivity index (χ1v) is 13.1. The van der Waals surface area contributed by atoms with Gasteiger partial charge in [0.1, 0.15) is 6.10 Å². The predicted molar refractivity (Wildman–Crippen MR) is 133 cm³/mol. The van der Waals surface area contributed by atoms with Gasteiger partial charge in [-0.25, -0.2) is 0 Å². The molecular weight excluding hydrogens is 499 g/mol. The molecule has 2 aromatic rings. The van der Waals surface area contributed by atoms with Crippen LogP contribution in [0.1, 0.15) is 56.2 Å². The number of amides is 1. The SMILES string of the molecule is CC1(C)O[C@H]2[C@@H](OCc3ccc(C(F)(F)F)cc3)C[C@](OCc3ccccc3)(C(=O)NCC3CC3)C[C@H]2O1. The zero-order chi connectivity index (χ0) is 27.0. The van der Waals surface area contributed by atoms with Crippen LogP contribution in [0, 0.1) is 5.92 Å². The Labute approximate surface area is 220 Å². The molecular formula is C29H34F3NO5. The number of alkyl halides is 3. The Kier molecular flexibility index (Phi) is 7.57. The van der Waals surface area contributed by atoms with Crippen LogP contribution < -0.4 is 5.32 Å². The number of fused-ring (bicyclic) bond motifs is 1. The second kappa shape index (κ2) is 10.6. The van der Waals surface area contributed by atoms with Gasteiger partial charge in [-0.3, -0.25) is 4.79 Å². The van der Waals surface area contributed by atoms with Crippen LogP contribution in [0.15, 0.2) is 54.6 Å². The van der Waals surface area contributed by atoms with Crippen LogP contribution in [0.25, 0.3) is 0 Å². The van der Waals surface area contributed by atoms with E-state index in [2.05, 4.69) is 5.32 Å². The van der Waals surface area contributed by atoms with Crippen molar-refractivity contribution >= 4 is 5.91 Å². The van der Waals surface area contributed by atoms with Crippen molar-refractivity contribution in [2.45, 2.75) is 88.6 Å². The minimum absolute atomic E-state index is 0.0638. The Balaban J connectivity index is 1.36. The number of halogens is 3. The van der Waals surface area contributed by atoms with E-state index in [1.165, 1.54) is 12.1 Å². The van der Waals surface area contributed by atoms with Gasteiger partial charge in [0.2, 0.25) is 0 Å². The molecule has 206 valence electrons. The number of hydrogen-bond donors (Lipinski definition) is 1. The second-order valence-corrected chi connectivity index (χ2v) is 11.0. The molecule has 1 saturated heterocycles. The first kappa shape index (κ1) is 27.1. The third-order valence-electron chi connectivity index (χ3n) is 7.42. The van der Waals surface area contributed by atoms with E-state index in [1.807, 2.05) is 44.2 Å². The van der Waals surface area contributed by atoms with E-state index in [9.17, 15) is 18.0 Å². The topological polar surface area (TPSA) is 66.0 Å². The van der Waals surface area contributed by atoms with Gasteiger partial charge in [-0.2, -0.15) is 13.2 Å². The number of carbonyl (C=O) groups excluding carboxylic acids is 1. The lowest BCUT2D eigenvalue weighted by Crippen LogP contribution is -2.60. The van der Waals surface area contributed by atoms with E-state index in [-0.39, 0.29) is 25.5 Å². The monoisotopic (exact) mass is 533 g/mol. The highest BCUT2D eigenvalue weighted by Crippen LogP contribution is 2.44. The predicted octanol–water partition coefficient (Wildman–Crippen LogP) is 5.39. The summed E-state index contributed by atoms with van der Waals surface area (Å²) >= 11 is 0. The number of ether oxygens (including phenoxy) is 4. The summed E-state index contributed by atoms with van der Waals surface area (Å²) in [6.07, 6.45) is -3.11. The Hall–Kier alpha value is -2.46. The fraction of sp³-hybridized carbons (Fsp3) is 0.552. The van der Waals surface area contributed by atoms with Crippen molar-refractivity contribution in [1.29, 1.82) is 0 Å². The Bertz CT molecular complexity index is 1100. The number of nitrogens with one attached hydrogen (secondary N) is 1. The maximum absolute atomic E-state index is 13.7. The quantitative estimate of drug-likeness (QED) is 0.469. The maximum Gasteiger partial charge on any atom is 0.416 e. The van der Waals surface area contributed by atoms with E-state index in [4.69, 9.17) is 18.9 Å². The Morgan fingerprint density at radius 1 is 0.974 bits per heavy atom. The second-order valence-electron chi connectivity index (χ2n) is 11.0. The molecule has 2 saturated carbocycles. The molecule has 1 aliphatic heterocycles. The van der Waals surface area contributed by atoms with Crippen LogP contribution in [0.4, 0.5) is 13.2 Å². The summed E-state index contributed by atoms with van der Waals surface area (Å²) in [5.41, 5.74) is -0.392. The molecule has 0 radical (unpaired) electrons. The molecule has 1 heterocycles. The summed E-state index contributed by atoms with van der Waals surface area (Å²) < 4.78 is 64.0. The molecule has 1 N–H and O–H groups in total. The van der Waals surface area contributed by atoms with Gasteiger partial charge >= 0.3 is 6.18 Å². The standard InChI is InChI=1S/C29H34F3NO5/c1-27(2)37-24-15-28(26(34)33-16-19-8-9-19,36-18-20-6-4-3-5-7-20)14-23(25(24)38-27)35-17-21-10-12-22(13-11-21)29(30,31)32/h3-7,10-13,19,23-25H,8-9,14-18H2,1-2H3,(H,33,34)/t23-,24+,25-,28+/m0/s1. The van der Waals surface area contributed by atoms with Gasteiger partial charge in [0, 0.05) is 19.4 Å². The minimum Gasteiger partial charge on any atom is -0.371 e. The molecule has 38 heavy (non-hydrogen) atoms. The van der Waals surface area contributed by atoms with E-state index in [0.29, 0.717) is 24.4 Å². The van der Waals surface area contributed by atoms with Crippen LogP contribution in [-0.2, 0) is 43.1 Å². The molecule has 9 heteroatoms. The average Bonchev–Trinajstić information content (AvgIpc) is 3.65. The van der Waals surface area contributed by atoms with Gasteiger partial charge in [0.25, 0.3) is 5.91 Å². The van der Waals surface area contributed by atoms with Crippen LogP contribution in [0.2, 0.25) is 0 Å². The summed E-state index contributed by atoms with van der Waals surface area (Å²) in [6.45, 7) is 4.54. The lowest BCUT2D eigenvalue weighted by atomic mass is 9.78. The Morgan fingerprint density at radius 2 is 1.66 bits per heavy atom. The third kappa shape index (κ3) is 6.39. The van der Waals surface area contributed by atoms with E-state index >= 15 is 0 Å². The first-order valence-electron chi connectivity index (χ1n) is 13.1.